The van der Waals surface area contributed by atoms with Gasteiger partial charge in [-0.15, -0.1) is 0 Å². The Morgan fingerprint density at radius 1 is 1.27 bits per heavy atom. The van der Waals surface area contributed by atoms with E-state index in [-0.39, 0.29) is 11.7 Å². The fourth-order valence-electron chi connectivity index (χ4n) is 3.99. The van der Waals surface area contributed by atoms with Gasteiger partial charge in [0.2, 0.25) is 0 Å². The summed E-state index contributed by atoms with van der Waals surface area (Å²) in [4.78, 5) is 25.0. The third-order valence-electron chi connectivity index (χ3n) is 5.56. The fourth-order valence-corrected chi connectivity index (χ4v) is 3.99. The van der Waals surface area contributed by atoms with Crippen molar-refractivity contribution in [2.24, 2.45) is 9.98 Å². The quantitative estimate of drug-likeness (QED) is 0.422. The molecule has 11 nitrogen and oxygen atoms in total. The van der Waals surface area contributed by atoms with Crippen LogP contribution in [0.3, 0.4) is 0 Å². The van der Waals surface area contributed by atoms with Crippen molar-refractivity contribution >= 4 is 18.1 Å². The summed E-state index contributed by atoms with van der Waals surface area (Å²) in [7, 11) is 1.54. The molecular formula is C19H21N5O6. The average molecular weight is 415 g/mol. The summed E-state index contributed by atoms with van der Waals surface area (Å²) in [5, 5.41) is 32.7. The molecule has 6 atom stereocenters. The van der Waals surface area contributed by atoms with E-state index in [0.717, 1.165) is 0 Å². The third-order valence-corrected chi connectivity index (χ3v) is 5.56. The highest BCUT2D eigenvalue weighted by molar-refractivity contribution is 6.04. The SMILES string of the molecule is COC1C2=NC(NC(=O)c3ccccc3)=C3N=CN([C@@H]4O[C@H](CO)[C@@H](O)[C@H]4O)C3N21. The monoisotopic (exact) mass is 415 g/mol. The van der Waals surface area contributed by atoms with Crippen molar-refractivity contribution in [1.29, 1.82) is 0 Å². The maximum atomic E-state index is 12.6. The first-order valence-electron chi connectivity index (χ1n) is 9.49. The molecule has 0 saturated carbocycles. The molecule has 5 rings (SSSR count). The van der Waals surface area contributed by atoms with Crippen LogP contribution in [0.4, 0.5) is 0 Å². The minimum Gasteiger partial charge on any atom is -0.394 e. The molecule has 4 N–H and O–H groups in total. The van der Waals surface area contributed by atoms with Crippen LogP contribution in [0.15, 0.2) is 51.8 Å². The second-order valence-corrected chi connectivity index (χ2v) is 7.31. The smallest absolute Gasteiger partial charge is 0.256 e. The van der Waals surface area contributed by atoms with E-state index in [1.807, 2.05) is 11.0 Å². The largest absolute Gasteiger partial charge is 0.394 e. The Hall–Kier alpha value is -2.83. The average Bonchev–Trinajstić information content (AvgIpc) is 3.16. The molecule has 158 valence electrons. The Morgan fingerprint density at radius 3 is 2.70 bits per heavy atom. The molecule has 4 aliphatic heterocycles. The molecule has 1 aromatic rings. The van der Waals surface area contributed by atoms with Crippen LogP contribution in [0.2, 0.25) is 0 Å². The number of amidine groups is 1. The van der Waals surface area contributed by atoms with Crippen LogP contribution in [-0.4, -0.2) is 93.9 Å². The highest BCUT2D eigenvalue weighted by Gasteiger charge is 2.59. The molecule has 1 aromatic carbocycles. The van der Waals surface area contributed by atoms with E-state index in [9.17, 15) is 20.1 Å². The van der Waals surface area contributed by atoms with Crippen LogP contribution >= 0.6 is 0 Å². The van der Waals surface area contributed by atoms with Gasteiger partial charge in [-0.3, -0.25) is 9.69 Å². The third kappa shape index (κ3) is 2.82. The Balaban J connectivity index is 1.45. The number of hydrogen-bond acceptors (Lipinski definition) is 10. The number of hydrogen-bond donors (Lipinski definition) is 4. The second kappa shape index (κ2) is 7.15. The molecule has 11 heteroatoms. The minimum absolute atomic E-state index is 0.283. The predicted octanol–water partition coefficient (Wildman–Crippen LogP) is -1.61. The van der Waals surface area contributed by atoms with E-state index in [1.165, 1.54) is 6.34 Å². The standard InChI is InChI=1S/C19H21N5O6/c1-29-19-15-21-14(22-16(28)9-5-3-2-4-6-9)11-17(24(15)19)23(8-20-11)18-13(27)12(26)10(7-25)30-18/h2-6,8,10,12-13,17-19,25-27H,7H2,1H3,(H,22,28)/t10-,12-,13-,17?,18-,19?,24?/m1/s1. The van der Waals surface area contributed by atoms with Crippen molar-refractivity contribution in [1.82, 2.24) is 15.1 Å². The van der Waals surface area contributed by atoms with Gasteiger partial charge in [-0.25, -0.2) is 9.98 Å². The van der Waals surface area contributed by atoms with E-state index in [0.29, 0.717) is 17.1 Å². The van der Waals surface area contributed by atoms with Crippen LogP contribution in [0.1, 0.15) is 10.4 Å². The molecule has 4 heterocycles. The molecule has 0 spiro atoms. The Bertz CT molecular complexity index is 950. The Morgan fingerprint density at radius 2 is 2.03 bits per heavy atom. The first-order valence-corrected chi connectivity index (χ1v) is 9.49. The number of aliphatic hydroxyl groups is 3. The summed E-state index contributed by atoms with van der Waals surface area (Å²) in [6, 6.07) is 8.74. The van der Waals surface area contributed by atoms with E-state index in [4.69, 9.17) is 9.47 Å². The number of aliphatic imine (C=N–C) groups is 2. The number of aliphatic hydroxyl groups excluding tert-OH is 3. The molecule has 2 fully saturated rings. The van der Waals surface area contributed by atoms with E-state index >= 15 is 0 Å². The molecule has 2 saturated heterocycles. The molecule has 4 aliphatic rings. The van der Waals surface area contributed by atoms with Gasteiger partial charge in [-0.1, -0.05) is 18.2 Å². The number of carbonyl (C=O) groups excluding carboxylic acids is 1. The predicted molar refractivity (Wildman–Crippen MR) is 103 cm³/mol. The van der Waals surface area contributed by atoms with Gasteiger partial charge in [0.25, 0.3) is 5.91 Å². The first-order chi connectivity index (χ1) is 14.5. The van der Waals surface area contributed by atoms with Gasteiger partial charge < -0.3 is 35.0 Å². The van der Waals surface area contributed by atoms with Crippen LogP contribution in [0.25, 0.3) is 0 Å². The normalized spacial score (nSPS) is 34.1. The van der Waals surface area contributed by atoms with E-state index < -0.39 is 43.5 Å². The zero-order valence-electron chi connectivity index (χ0n) is 16.0. The maximum absolute atomic E-state index is 12.6. The summed E-state index contributed by atoms with van der Waals surface area (Å²) in [5.41, 5.74) is 0.937. The van der Waals surface area contributed by atoms with Crippen LogP contribution < -0.4 is 5.32 Å². The molecule has 1 amide bonds. The van der Waals surface area contributed by atoms with Gasteiger partial charge in [0, 0.05) is 12.7 Å². The van der Waals surface area contributed by atoms with Crippen molar-refractivity contribution in [3.05, 3.63) is 47.4 Å². The van der Waals surface area contributed by atoms with Crippen LogP contribution in [-0.2, 0) is 9.47 Å². The van der Waals surface area contributed by atoms with Crippen LogP contribution in [0.5, 0.6) is 0 Å². The van der Waals surface area contributed by atoms with Crippen molar-refractivity contribution in [3.8, 4) is 0 Å². The van der Waals surface area contributed by atoms with Gasteiger partial charge in [0.05, 0.1) is 12.9 Å². The van der Waals surface area contributed by atoms with Crippen LogP contribution in [0, 0.1) is 0 Å². The molecule has 2 unspecified atom stereocenters. The lowest BCUT2D eigenvalue weighted by molar-refractivity contribution is -0.0879. The number of benzene rings is 1. The second-order valence-electron chi connectivity index (χ2n) is 7.31. The number of rotatable bonds is 5. The number of nitrogens with one attached hydrogen (secondary N) is 1. The van der Waals surface area contributed by atoms with Crippen molar-refractivity contribution in [2.75, 3.05) is 13.7 Å². The summed E-state index contributed by atoms with van der Waals surface area (Å²) in [6.45, 7) is -0.428. The molecule has 0 bridgehead atoms. The number of methoxy groups -OCH3 is 1. The molecule has 0 aromatic heterocycles. The zero-order valence-corrected chi connectivity index (χ0v) is 16.0. The highest BCUT2D eigenvalue weighted by atomic mass is 16.6. The number of nitrogens with zero attached hydrogens (tertiary/aromatic N) is 4. The molecule has 0 radical (unpaired) electrons. The van der Waals surface area contributed by atoms with Crippen molar-refractivity contribution in [2.45, 2.75) is 36.9 Å². The lowest BCUT2D eigenvalue weighted by Gasteiger charge is -2.33. The lowest BCUT2D eigenvalue weighted by Crippen LogP contribution is -2.51. The summed E-state index contributed by atoms with van der Waals surface area (Å²) in [6.07, 6.45) is -3.81. The van der Waals surface area contributed by atoms with Gasteiger partial charge >= 0.3 is 0 Å². The Kier molecular flexibility index (Phi) is 4.56. The zero-order chi connectivity index (χ0) is 21.0. The number of carbonyl (C=O) groups is 1. The highest BCUT2D eigenvalue weighted by Crippen LogP contribution is 2.41. The number of ether oxygens (including phenoxy) is 2. The van der Waals surface area contributed by atoms with E-state index in [1.54, 1.807) is 36.3 Å². The van der Waals surface area contributed by atoms with Crippen molar-refractivity contribution < 1.29 is 29.6 Å². The van der Waals surface area contributed by atoms with Gasteiger partial charge in [0.15, 0.2) is 30.3 Å². The molecule has 30 heavy (non-hydrogen) atoms. The summed E-state index contributed by atoms with van der Waals surface area (Å²) < 4.78 is 11.1. The van der Waals surface area contributed by atoms with Gasteiger partial charge in [-0.05, 0) is 12.1 Å². The van der Waals surface area contributed by atoms with Gasteiger partial charge in [-0.2, -0.15) is 0 Å². The topological polar surface area (TPSA) is 139 Å². The lowest BCUT2D eigenvalue weighted by atomic mass is 10.1. The summed E-state index contributed by atoms with van der Waals surface area (Å²) in [5.74, 6) is 0.563. The van der Waals surface area contributed by atoms with E-state index in [2.05, 4.69) is 15.3 Å². The summed E-state index contributed by atoms with van der Waals surface area (Å²) >= 11 is 0. The number of fused-ring (bicyclic) bond motifs is 3. The minimum atomic E-state index is -1.25. The fraction of sp³-hybridized carbons (Fsp3) is 0.421. The van der Waals surface area contributed by atoms with Gasteiger partial charge in [0.1, 0.15) is 24.0 Å². The number of amides is 1. The van der Waals surface area contributed by atoms with Crippen molar-refractivity contribution in [3.63, 3.8) is 0 Å². The Labute approximate surface area is 171 Å². The maximum Gasteiger partial charge on any atom is 0.256 e. The molecule has 0 aliphatic carbocycles. The molecular weight excluding hydrogens is 394 g/mol. The first kappa shape index (κ1) is 19.2.